The Morgan fingerprint density at radius 3 is 2.94 bits per heavy atom. The van der Waals surface area contributed by atoms with E-state index < -0.39 is 0 Å². The summed E-state index contributed by atoms with van der Waals surface area (Å²) in [6, 6.07) is 8.39. The molecule has 0 atom stereocenters. The molecule has 0 bridgehead atoms. The summed E-state index contributed by atoms with van der Waals surface area (Å²) in [4.78, 5) is 1.04. The third-order valence-electron chi connectivity index (χ3n) is 2.16. The highest BCUT2D eigenvalue weighted by Gasteiger charge is 2.03. The minimum absolute atomic E-state index is 0.278. The first-order valence-electron chi connectivity index (χ1n) is 4.85. The van der Waals surface area contributed by atoms with Gasteiger partial charge in [-0.1, -0.05) is 0 Å². The molecule has 0 aliphatic carbocycles. The predicted octanol–water partition coefficient (Wildman–Crippen LogP) is 4.13. The molecule has 0 spiro atoms. The first-order chi connectivity index (χ1) is 8.19. The van der Waals surface area contributed by atoms with E-state index in [4.69, 9.17) is 5.26 Å². The summed E-state index contributed by atoms with van der Waals surface area (Å²) in [5, 5.41) is 13.6. The second-order valence-electron chi connectivity index (χ2n) is 3.39. The monoisotopic (exact) mass is 310 g/mol. The molecule has 0 saturated carbocycles. The Morgan fingerprint density at radius 2 is 2.24 bits per heavy atom. The van der Waals surface area contributed by atoms with Crippen molar-refractivity contribution in [3.8, 4) is 6.07 Å². The number of anilines is 1. The molecule has 0 amide bonds. The van der Waals surface area contributed by atoms with Crippen LogP contribution in [-0.2, 0) is 6.54 Å². The van der Waals surface area contributed by atoms with E-state index in [2.05, 4.69) is 27.3 Å². The van der Waals surface area contributed by atoms with Gasteiger partial charge < -0.3 is 5.32 Å². The first-order valence-corrected chi connectivity index (χ1v) is 6.53. The number of nitrogens with zero attached hydrogens (tertiary/aromatic N) is 1. The number of nitrogens with one attached hydrogen (secondary N) is 1. The highest BCUT2D eigenvalue weighted by Crippen LogP contribution is 2.24. The van der Waals surface area contributed by atoms with Crippen LogP contribution in [0.4, 0.5) is 10.1 Å². The minimum atomic E-state index is -0.278. The number of benzene rings is 1. The maximum absolute atomic E-state index is 13.0. The van der Waals surface area contributed by atoms with Gasteiger partial charge in [-0.3, -0.25) is 0 Å². The Morgan fingerprint density at radius 1 is 1.41 bits per heavy atom. The summed E-state index contributed by atoms with van der Waals surface area (Å²) >= 11 is 4.85. The zero-order valence-corrected chi connectivity index (χ0v) is 11.1. The standard InChI is InChI=1S/C12H8BrFN2S/c13-11-2-1-9(14)4-12(11)16-6-10-3-8(5-15)7-17-10/h1-4,7,16H,6H2. The summed E-state index contributed by atoms with van der Waals surface area (Å²) in [5.41, 5.74) is 1.36. The predicted molar refractivity (Wildman–Crippen MR) is 70.5 cm³/mol. The molecule has 2 nitrogen and oxygen atoms in total. The Balaban J connectivity index is 2.07. The van der Waals surface area contributed by atoms with Crippen molar-refractivity contribution in [1.82, 2.24) is 0 Å². The van der Waals surface area contributed by atoms with Gasteiger partial charge in [0.15, 0.2) is 0 Å². The lowest BCUT2D eigenvalue weighted by atomic mass is 10.3. The lowest BCUT2D eigenvalue weighted by Gasteiger charge is -2.07. The van der Waals surface area contributed by atoms with E-state index in [9.17, 15) is 4.39 Å². The van der Waals surface area contributed by atoms with Crippen LogP contribution in [0, 0.1) is 17.1 Å². The summed E-state index contributed by atoms with van der Waals surface area (Å²) in [5.74, 6) is -0.278. The highest BCUT2D eigenvalue weighted by atomic mass is 79.9. The third kappa shape index (κ3) is 3.05. The van der Waals surface area contributed by atoms with Gasteiger partial charge in [-0.25, -0.2) is 4.39 Å². The van der Waals surface area contributed by atoms with Gasteiger partial charge in [-0.2, -0.15) is 5.26 Å². The Labute approximate surface area is 111 Å². The minimum Gasteiger partial charge on any atom is -0.379 e. The van der Waals surface area contributed by atoms with Crippen molar-refractivity contribution < 1.29 is 4.39 Å². The van der Waals surface area contributed by atoms with Gasteiger partial charge in [0.05, 0.1) is 11.3 Å². The number of hydrogen-bond acceptors (Lipinski definition) is 3. The molecule has 1 heterocycles. The molecule has 2 aromatic rings. The van der Waals surface area contributed by atoms with E-state index in [0.29, 0.717) is 17.8 Å². The number of nitriles is 1. The molecule has 0 fully saturated rings. The molecule has 0 aliphatic heterocycles. The molecule has 0 radical (unpaired) electrons. The van der Waals surface area contributed by atoms with Crippen LogP contribution < -0.4 is 5.32 Å². The van der Waals surface area contributed by atoms with Gasteiger partial charge in [-0.05, 0) is 40.2 Å². The second kappa shape index (κ2) is 5.30. The summed E-state index contributed by atoms with van der Waals surface area (Å²) in [6.07, 6.45) is 0. The Bertz CT molecular complexity index is 574. The lowest BCUT2D eigenvalue weighted by Crippen LogP contribution is -1.98. The maximum Gasteiger partial charge on any atom is 0.125 e. The Hall–Kier alpha value is -1.38. The van der Waals surface area contributed by atoms with Crippen LogP contribution in [0.15, 0.2) is 34.1 Å². The second-order valence-corrected chi connectivity index (χ2v) is 5.24. The maximum atomic E-state index is 13.0. The largest absolute Gasteiger partial charge is 0.379 e. The average molecular weight is 311 g/mol. The third-order valence-corrected chi connectivity index (χ3v) is 3.79. The summed E-state index contributed by atoms with van der Waals surface area (Å²) in [7, 11) is 0. The highest BCUT2D eigenvalue weighted by molar-refractivity contribution is 9.10. The van der Waals surface area contributed by atoms with Crippen LogP contribution in [0.5, 0.6) is 0 Å². The molecule has 86 valence electrons. The summed E-state index contributed by atoms with van der Waals surface area (Å²) < 4.78 is 13.8. The van der Waals surface area contributed by atoms with Crippen LogP contribution in [0.3, 0.4) is 0 Å². The molecule has 2 rings (SSSR count). The zero-order chi connectivity index (χ0) is 12.3. The van der Waals surface area contributed by atoms with Crippen molar-refractivity contribution in [1.29, 1.82) is 5.26 Å². The SMILES string of the molecule is N#Cc1csc(CNc2cc(F)ccc2Br)c1. The van der Waals surface area contributed by atoms with Crippen molar-refractivity contribution in [2.45, 2.75) is 6.54 Å². The smallest absolute Gasteiger partial charge is 0.125 e. The van der Waals surface area contributed by atoms with E-state index in [1.165, 1.54) is 23.5 Å². The van der Waals surface area contributed by atoms with Gasteiger partial charge in [-0.15, -0.1) is 11.3 Å². The van der Waals surface area contributed by atoms with Crippen molar-refractivity contribution in [2.75, 3.05) is 5.32 Å². The van der Waals surface area contributed by atoms with Crippen LogP contribution in [0.25, 0.3) is 0 Å². The molecular formula is C12H8BrFN2S. The van der Waals surface area contributed by atoms with Crippen molar-refractivity contribution in [3.63, 3.8) is 0 Å². The van der Waals surface area contributed by atoms with E-state index in [-0.39, 0.29) is 5.82 Å². The fraction of sp³-hybridized carbons (Fsp3) is 0.0833. The van der Waals surface area contributed by atoms with Crippen LogP contribution in [0.2, 0.25) is 0 Å². The van der Waals surface area contributed by atoms with Crippen molar-refractivity contribution >= 4 is 33.0 Å². The van der Waals surface area contributed by atoms with Crippen LogP contribution in [0.1, 0.15) is 10.4 Å². The van der Waals surface area contributed by atoms with E-state index in [1.807, 2.05) is 6.07 Å². The van der Waals surface area contributed by atoms with Crippen molar-refractivity contribution in [3.05, 3.63) is 50.4 Å². The topological polar surface area (TPSA) is 35.8 Å². The normalized spacial score (nSPS) is 9.94. The molecule has 0 unspecified atom stereocenters. The van der Waals surface area contributed by atoms with Gasteiger partial charge in [0.1, 0.15) is 11.9 Å². The van der Waals surface area contributed by atoms with Gasteiger partial charge >= 0.3 is 0 Å². The number of rotatable bonds is 3. The molecule has 0 aliphatic rings. The van der Waals surface area contributed by atoms with E-state index in [1.54, 1.807) is 11.4 Å². The number of thiophene rings is 1. The van der Waals surface area contributed by atoms with E-state index >= 15 is 0 Å². The van der Waals surface area contributed by atoms with Gasteiger partial charge in [0.25, 0.3) is 0 Å². The number of hydrogen-bond donors (Lipinski definition) is 1. The first kappa shape index (κ1) is 12.1. The quantitative estimate of drug-likeness (QED) is 0.925. The fourth-order valence-electron chi connectivity index (χ4n) is 1.35. The summed E-state index contributed by atoms with van der Waals surface area (Å²) in [6.45, 7) is 0.578. The van der Waals surface area contributed by atoms with E-state index in [0.717, 1.165) is 9.35 Å². The molecule has 0 saturated heterocycles. The van der Waals surface area contributed by atoms with Crippen molar-refractivity contribution in [2.24, 2.45) is 0 Å². The van der Waals surface area contributed by atoms with Gasteiger partial charge in [0, 0.05) is 21.3 Å². The van der Waals surface area contributed by atoms with Crippen LogP contribution in [-0.4, -0.2) is 0 Å². The molecule has 1 aromatic carbocycles. The van der Waals surface area contributed by atoms with Gasteiger partial charge in [0.2, 0.25) is 0 Å². The zero-order valence-electron chi connectivity index (χ0n) is 8.71. The molecule has 1 aromatic heterocycles. The average Bonchev–Trinajstić information content (AvgIpc) is 2.78. The molecular weight excluding hydrogens is 303 g/mol. The number of halogens is 2. The molecule has 17 heavy (non-hydrogen) atoms. The lowest BCUT2D eigenvalue weighted by molar-refractivity contribution is 0.628. The van der Waals surface area contributed by atoms with Crippen LogP contribution >= 0.6 is 27.3 Å². The fourth-order valence-corrected chi connectivity index (χ4v) is 2.48. The molecule has 5 heteroatoms. The Kier molecular flexibility index (Phi) is 3.77. The molecule has 1 N–H and O–H groups in total.